The van der Waals surface area contributed by atoms with E-state index in [1.807, 2.05) is 30.3 Å². The summed E-state index contributed by atoms with van der Waals surface area (Å²) in [7, 11) is 1.80. The van der Waals surface area contributed by atoms with Crippen LogP contribution in [0.4, 0.5) is 5.69 Å². The summed E-state index contributed by atoms with van der Waals surface area (Å²) in [5.74, 6) is -0.154. The maximum absolute atomic E-state index is 12.5. The molecule has 2 amide bonds. The van der Waals surface area contributed by atoms with E-state index < -0.39 is 0 Å². The lowest BCUT2D eigenvalue weighted by molar-refractivity contribution is -0.130. The number of nitrogens with one attached hydrogen (secondary N) is 1. The van der Waals surface area contributed by atoms with Gasteiger partial charge in [-0.2, -0.15) is 0 Å². The summed E-state index contributed by atoms with van der Waals surface area (Å²) in [6.45, 7) is 4.04. The molecule has 148 valence electrons. The van der Waals surface area contributed by atoms with Crippen molar-refractivity contribution in [1.82, 2.24) is 10.2 Å². The number of hydrogen-bond acceptors (Lipinski definition) is 4. The maximum Gasteiger partial charge on any atom is 0.251 e. The Balaban J connectivity index is 1.51. The van der Waals surface area contributed by atoms with Gasteiger partial charge in [-0.15, -0.1) is 0 Å². The van der Waals surface area contributed by atoms with Gasteiger partial charge in [0, 0.05) is 50.9 Å². The molecule has 2 aromatic carbocycles. The topological polar surface area (TPSA) is 61.9 Å². The van der Waals surface area contributed by atoms with Crippen LogP contribution in [0.5, 0.6) is 0 Å². The van der Waals surface area contributed by atoms with Crippen molar-refractivity contribution >= 4 is 17.5 Å². The second-order valence-corrected chi connectivity index (χ2v) is 6.85. The zero-order chi connectivity index (χ0) is 19.8. The van der Waals surface area contributed by atoms with E-state index in [4.69, 9.17) is 4.74 Å². The van der Waals surface area contributed by atoms with Crippen molar-refractivity contribution < 1.29 is 14.3 Å². The third-order valence-electron chi connectivity index (χ3n) is 4.84. The highest BCUT2D eigenvalue weighted by molar-refractivity contribution is 5.94. The van der Waals surface area contributed by atoms with Crippen LogP contribution in [0.25, 0.3) is 0 Å². The normalized spacial score (nSPS) is 13.8. The summed E-state index contributed by atoms with van der Waals surface area (Å²) in [6.07, 6.45) is 0.273. The molecular formula is C22H27N3O3. The molecule has 2 aromatic rings. The molecule has 0 bridgehead atoms. The van der Waals surface area contributed by atoms with Gasteiger partial charge in [-0.05, 0) is 23.8 Å². The lowest BCUT2D eigenvalue weighted by Crippen LogP contribution is -2.37. The lowest BCUT2D eigenvalue weighted by Gasteiger charge is -2.31. The standard InChI is InChI=1S/C22H27N3O3/c1-24(21(26)11-12-23-22(27)18-7-3-2-4-8-18)17-19-9-5-6-10-20(19)25-13-15-28-16-14-25/h2-10H,11-17H2,1H3,(H,23,27). The molecule has 1 saturated heterocycles. The van der Waals surface area contributed by atoms with Gasteiger partial charge in [0.25, 0.3) is 5.91 Å². The van der Waals surface area contributed by atoms with Crippen molar-refractivity contribution in [3.63, 3.8) is 0 Å². The van der Waals surface area contributed by atoms with Gasteiger partial charge in [-0.3, -0.25) is 9.59 Å². The van der Waals surface area contributed by atoms with Crippen LogP contribution in [-0.2, 0) is 16.1 Å². The van der Waals surface area contributed by atoms with Crippen molar-refractivity contribution in [3.8, 4) is 0 Å². The van der Waals surface area contributed by atoms with Gasteiger partial charge >= 0.3 is 0 Å². The average molecular weight is 381 g/mol. The quantitative estimate of drug-likeness (QED) is 0.800. The van der Waals surface area contributed by atoms with Crippen molar-refractivity contribution in [2.24, 2.45) is 0 Å². The molecule has 6 heteroatoms. The number of ether oxygens (including phenoxy) is 1. The van der Waals surface area contributed by atoms with Gasteiger partial charge in [-0.1, -0.05) is 36.4 Å². The summed E-state index contributed by atoms with van der Waals surface area (Å²) in [4.78, 5) is 28.6. The van der Waals surface area contributed by atoms with Gasteiger partial charge in [0.15, 0.2) is 0 Å². The molecule has 1 aliphatic rings. The molecular weight excluding hydrogens is 354 g/mol. The minimum absolute atomic E-state index is 0.00476. The Morgan fingerprint density at radius 1 is 1.04 bits per heavy atom. The fourth-order valence-corrected chi connectivity index (χ4v) is 3.27. The van der Waals surface area contributed by atoms with E-state index >= 15 is 0 Å². The minimum atomic E-state index is -0.159. The van der Waals surface area contributed by atoms with Gasteiger partial charge in [0.05, 0.1) is 13.2 Å². The number of amides is 2. The van der Waals surface area contributed by atoms with E-state index in [0.29, 0.717) is 18.7 Å². The van der Waals surface area contributed by atoms with Crippen LogP contribution < -0.4 is 10.2 Å². The number of benzene rings is 2. The molecule has 1 fully saturated rings. The number of morpholine rings is 1. The zero-order valence-corrected chi connectivity index (χ0v) is 16.3. The van der Waals surface area contributed by atoms with Crippen LogP contribution in [0.2, 0.25) is 0 Å². The van der Waals surface area contributed by atoms with E-state index in [0.717, 1.165) is 37.6 Å². The molecule has 28 heavy (non-hydrogen) atoms. The Hall–Kier alpha value is -2.86. The third kappa shape index (κ3) is 5.33. The second kappa shape index (κ2) is 9.90. The number of rotatable bonds is 7. The van der Waals surface area contributed by atoms with E-state index in [1.165, 1.54) is 0 Å². The fraction of sp³-hybridized carbons (Fsp3) is 0.364. The van der Waals surface area contributed by atoms with E-state index in [9.17, 15) is 9.59 Å². The number of anilines is 1. The highest BCUT2D eigenvalue weighted by Crippen LogP contribution is 2.22. The Labute approximate surface area is 166 Å². The maximum atomic E-state index is 12.5. The van der Waals surface area contributed by atoms with Crippen LogP contribution in [0, 0.1) is 0 Å². The second-order valence-electron chi connectivity index (χ2n) is 6.85. The van der Waals surface area contributed by atoms with Crippen LogP contribution in [0.1, 0.15) is 22.3 Å². The van der Waals surface area contributed by atoms with Crippen molar-refractivity contribution in [2.45, 2.75) is 13.0 Å². The molecule has 0 radical (unpaired) electrons. The first-order valence-corrected chi connectivity index (χ1v) is 9.63. The minimum Gasteiger partial charge on any atom is -0.378 e. The monoisotopic (exact) mass is 381 g/mol. The molecule has 1 aliphatic heterocycles. The van der Waals surface area contributed by atoms with Gasteiger partial charge in [0.2, 0.25) is 5.91 Å². The summed E-state index contributed by atoms with van der Waals surface area (Å²) >= 11 is 0. The predicted molar refractivity (Wildman–Crippen MR) is 109 cm³/mol. The molecule has 6 nitrogen and oxygen atoms in total. The Kier molecular flexibility index (Phi) is 7.03. The number of para-hydroxylation sites is 1. The van der Waals surface area contributed by atoms with E-state index in [2.05, 4.69) is 22.3 Å². The van der Waals surface area contributed by atoms with Gasteiger partial charge in [-0.25, -0.2) is 0 Å². The van der Waals surface area contributed by atoms with E-state index in [1.54, 1.807) is 24.1 Å². The Morgan fingerprint density at radius 3 is 2.46 bits per heavy atom. The summed E-state index contributed by atoms with van der Waals surface area (Å²) in [5.41, 5.74) is 2.87. The van der Waals surface area contributed by atoms with Crippen molar-refractivity contribution in [3.05, 3.63) is 65.7 Å². The molecule has 0 aromatic heterocycles. The molecule has 0 spiro atoms. The lowest BCUT2D eigenvalue weighted by atomic mass is 10.1. The SMILES string of the molecule is CN(Cc1ccccc1N1CCOCC1)C(=O)CCNC(=O)c1ccccc1. The number of carbonyl (C=O) groups is 2. The summed E-state index contributed by atoms with van der Waals surface area (Å²) in [5, 5.41) is 2.80. The van der Waals surface area contributed by atoms with Crippen molar-refractivity contribution in [1.29, 1.82) is 0 Å². The van der Waals surface area contributed by atoms with Crippen LogP contribution in [0.3, 0.4) is 0 Å². The van der Waals surface area contributed by atoms with Crippen LogP contribution in [0.15, 0.2) is 54.6 Å². The first-order valence-electron chi connectivity index (χ1n) is 9.63. The fourth-order valence-electron chi connectivity index (χ4n) is 3.27. The highest BCUT2D eigenvalue weighted by Gasteiger charge is 2.17. The summed E-state index contributed by atoms with van der Waals surface area (Å²) < 4.78 is 5.44. The molecule has 0 atom stereocenters. The molecule has 0 saturated carbocycles. The van der Waals surface area contributed by atoms with Gasteiger partial charge < -0.3 is 19.9 Å². The van der Waals surface area contributed by atoms with E-state index in [-0.39, 0.29) is 18.2 Å². The number of nitrogens with zero attached hydrogens (tertiary/aromatic N) is 2. The number of carbonyl (C=O) groups excluding carboxylic acids is 2. The molecule has 1 N–H and O–H groups in total. The van der Waals surface area contributed by atoms with Crippen LogP contribution >= 0.6 is 0 Å². The number of hydrogen-bond donors (Lipinski definition) is 1. The zero-order valence-electron chi connectivity index (χ0n) is 16.3. The smallest absolute Gasteiger partial charge is 0.251 e. The van der Waals surface area contributed by atoms with Crippen LogP contribution in [-0.4, -0.2) is 56.6 Å². The molecule has 3 rings (SSSR count). The predicted octanol–water partition coefficient (Wildman–Crippen LogP) is 2.30. The highest BCUT2D eigenvalue weighted by atomic mass is 16.5. The first kappa shape index (κ1) is 19.9. The largest absolute Gasteiger partial charge is 0.378 e. The Morgan fingerprint density at radius 2 is 1.71 bits per heavy atom. The summed E-state index contributed by atoms with van der Waals surface area (Å²) in [6, 6.07) is 17.2. The Bertz CT molecular complexity index is 789. The van der Waals surface area contributed by atoms with Gasteiger partial charge in [0.1, 0.15) is 0 Å². The molecule has 0 aliphatic carbocycles. The third-order valence-corrected chi connectivity index (χ3v) is 4.84. The first-order chi connectivity index (χ1) is 13.6. The average Bonchev–Trinajstić information content (AvgIpc) is 2.75. The molecule has 1 heterocycles. The molecule has 0 unspecified atom stereocenters. The van der Waals surface area contributed by atoms with Crippen molar-refractivity contribution in [2.75, 3.05) is 44.8 Å².